The van der Waals surface area contributed by atoms with Crippen molar-refractivity contribution in [1.82, 2.24) is 0 Å². The number of hydrogen-bond acceptors (Lipinski definition) is 6. The number of rotatable bonds is 1. The van der Waals surface area contributed by atoms with Crippen LogP contribution in [-0.4, -0.2) is 19.7 Å². The quantitative estimate of drug-likeness (QED) is 0.784. The predicted octanol–water partition coefficient (Wildman–Crippen LogP) is 2.50. The lowest BCUT2D eigenvalue weighted by Crippen LogP contribution is -2.38. The molecule has 0 saturated heterocycles. The second kappa shape index (κ2) is 5.02. The molecule has 0 bridgehead atoms. The number of nitrogen functional groups attached to an aromatic ring is 1. The zero-order valence-corrected chi connectivity index (χ0v) is 13.0. The molecule has 24 heavy (non-hydrogen) atoms. The largest absolute Gasteiger partial charge is 0.497 e. The number of nitrogens with zero attached hydrogens (tertiary/aromatic N) is 1. The minimum atomic E-state index is -0.921. The molecule has 0 aliphatic carbocycles. The van der Waals surface area contributed by atoms with Gasteiger partial charge in [-0.05, 0) is 24.3 Å². The molecule has 0 saturated carbocycles. The first-order valence-corrected chi connectivity index (χ1v) is 7.47. The smallest absolute Gasteiger partial charge is 0.283 e. The molecule has 0 fully saturated rings. The van der Waals surface area contributed by atoms with Crippen LogP contribution in [0.2, 0.25) is 0 Å². The number of nitrogens with two attached hydrogens (primary N) is 2. The molecule has 0 radical (unpaired) electrons. The van der Waals surface area contributed by atoms with Crippen LogP contribution in [0, 0.1) is 5.82 Å². The highest BCUT2D eigenvalue weighted by Gasteiger charge is 2.46. The van der Waals surface area contributed by atoms with Crippen LogP contribution in [-0.2, 0) is 10.3 Å². The zero-order valence-electron chi connectivity index (χ0n) is 13.0. The average molecular weight is 329 g/mol. The molecule has 4 rings (SSSR count). The molecule has 2 aliphatic rings. The van der Waals surface area contributed by atoms with E-state index in [1.54, 1.807) is 24.3 Å². The van der Waals surface area contributed by atoms with Crippen molar-refractivity contribution in [3.05, 3.63) is 47.3 Å². The summed E-state index contributed by atoms with van der Waals surface area (Å²) in [4.78, 5) is 4.53. The topological polar surface area (TPSA) is 92.1 Å². The fraction of sp³-hybridized carbons (Fsp3) is 0.235. The normalized spacial score (nSPS) is 21.2. The maximum Gasteiger partial charge on any atom is 0.283 e. The first-order chi connectivity index (χ1) is 11.5. The summed E-state index contributed by atoms with van der Waals surface area (Å²) in [6, 6.07) is 8.22. The number of methoxy groups -OCH3 is 1. The highest BCUT2D eigenvalue weighted by molar-refractivity contribution is 5.75. The van der Waals surface area contributed by atoms with E-state index in [0.717, 1.165) is 5.56 Å². The predicted molar refractivity (Wildman–Crippen MR) is 86.9 cm³/mol. The summed E-state index contributed by atoms with van der Waals surface area (Å²) in [5.74, 6) is 0.471. The van der Waals surface area contributed by atoms with Crippen molar-refractivity contribution in [2.75, 3.05) is 19.5 Å². The van der Waals surface area contributed by atoms with Crippen LogP contribution >= 0.6 is 0 Å². The van der Waals surface area contributed by atoms with Gasteiger partial charge in [0.1, 0.15) is 17.0 Å². The second-order valence-electron chi connectivity index (χ2n) is 5.75. The zero-order chi connectivity index (χ0) is 16.9. The number of aliphatic imine (C=N–C) groups is 1. The third-order valence-electron chi connectivity index (χ3n) is 4.37. The van der Waals surface area contributed by atoms with Crippen molar-refractivity contribution in [2.45, 2.75) is 12.0 Å². The summed E-state index contributed by atoms with van der Waals surface area (Å²) in [6.07, 6.45) is 0.479. The Hall–Kier alpha value is -2.96. The van der Waals surface area contributed by atoms with E-state index >= 15 is 0 Å². The Balaban J connectivity index is 2.06. The van der Waals surface area contributed by atoms with Gasteiger partial charge in [-0.15, -0.1) is 0 Å². The maximum atomic E-state index is 14.6. The van der Waals surface area contributed by atoms with Gasteiger partial charge in [0, 0.05) is 29.3 Å². The third kappa shape index (κ3) is 1.97. The van der Waals surface area contributed by atoms with E-state index in [1.165, 1.54) is 13.2 Å². The van der Waals surface area contributed by atoms with Crippen LogP contribution in [0.4, 0.5) is 10.1 Å². The van der Waals surface area contributed by atoms with Crippen molar-refractivity contribution in [3.63, 3.8) is 0 Å². The molecule has 7 heteroatoms. The Bertz CT molecular complexity index is 868. The molecule has 0 aromatic heterocycles. The maximum absolute atomic E-state index is 14.6. The van der Waals surface area contributed by atoms with Gasteiger partial charge < -0.3 is 25.7 Å². The van der Waals surface area contributed by atoms with Gasteiger partial charge in [-0.2, -0.15) is 0 Å². The fourth-order valence-electron chi connectivity index (χ4n) is 3.28. The Labute approximate surface area is 137 Å². The minimum absolute atomic E-state index is 0.0469. The molecule has 1 spiro atoms. The molecule has 124 valence electrons. The first kappa shape index (κ1) is 14.6. The number of halogens is 1. The summed E-state index contributed by atoms with van der Waals surface area (Å²) < 4.78 is 30.9. The van der Waals surface area contributed by atoms with Gasteiger partial charge in [-0.25, -0.2) is 9.38 Å². The molecule has 0 unspecified atom stereocenters. The van der Waals surface area contributed by atoms with Gasteiger partial charge in [0.2, 0.25) is 0 Å². The van der Waals surface area contributed by atoms with Crippen LogP contribution in [0.25, 0.3) is 0 Å². The highest BCUT2D eigenvalue weighted by atomic mass is 19.1. The van der Waals surface area contributed by atoms with Crippen molar-refractivity contribution < 1.29 is 18.6 Å². The van der Waals surface area contributed by atoms with Crippen molar-refractivity contribution in [1.29, 1.82) is 0 Å². The standard InChI is InChI=1S/C17H16FN3O3/c1-22-10-7-12-15(13(18)8-10)24-14-3-2-9(19)6-11(14)17(12)4-5-23-16(20)21-17/h2-3,6-8H,4-5,19H2,1H3,(H2,20,21)/t17-/m0/s1. The van der Waals surface area contributed by atoms with Crippen LogP contribution in [0.5, 0.6) is 17.2 Å². The van der Waals surface area contributed by atoms with Crippen molar-refractivity contribution in [3.8, 4) is 17.2 Å². The van der Waals surface area contributed by atoms with Crippen LogP contribution < -0.4 is 20.9 Å². The molecule has 2 aliphatic heterocycles. The van der Waals surface area contributed by atoms with E-state index in [4.69, 9.17) is 25.7 Å². The number of ether oxygens (including phenoxy) is 3. The lowest BCUT2D eigenvalue weighted by molar-refractivity contribution is 0.217. The summed E-state index contributed by atoms with van der Waals surface area (Å²) in [6.45, 7) is 0.349. The molecule has 2 aromatic carbocycles. The van der Waals surface area contributed by atoms with E-state index in [-0.39, 0.29) is 11.8 Å². The monoisotopic (exact) mass is 329 g/mol. The fourth-order valence-corrected chi connectivity index (χ4v) is 3.28. The first-order valence-electron chi connectivity index (χ1n) is 7.47. The van der Waals surface area contributed by atoms with E-state index in [2.05, 4.69) is 4.99 Å². The summed E-state index contributed by atoms with van der Waals surface area (Å²) >= 11 is 0. The molecule has 4 N–H and O–H groups in total. The van der Waals surface area contributed by atoms with Crippen molar-refractivity contribution >= 4 is 11.7 Å². The number of amidine groups is 1. The SMILES string of the molecule is COc1cc(F)c2c(c1)[C@]1(CCOC(N)=N1)c1cc(N)ccc1O2. The van der Waals surface area contributed by atoms with Crippen molar-refractivity contribution in [2.24, 2.45) is 10.7 Å². The van der Waals surface area contributed by atoms with Crippen LogP contribution in [0.1, 0.15) is 17.5 Å². The van der Waals surface area contributed by atoms with Gasteiger partial charge in [0.15, 0.2) is 11.6 Å². The van der Waals surface area contributed by atoms with E-state index in [1.807, 2.05) is 0 Å². The lowest BCUT2D eigenvalue weighted by Gasteiger charge is -2.39. The molecular weight excluding hydrogens is 313 g/mol. The lowest BCUT2D eigenvalue weighted by atomic mass is 9.77. The number of benzene rings is 2. The minimum Gasteiger partial charge on any atom is -0.497 e. The molecule has 1 atom stereocenters. The van der Waals surface area contributed by atoms with Gasteiger partial charge in [-0.1, -0.05) is 0 Å². The summed E-state index contributed by atoms with van der Waals surface area (Å²) in [5.41, 5.74) is 12.7. The number of fused-ring (bicyclic) bond motifs is 4. The second-order valence-corrected chi connectivity index (χ2v) is 5.75. The van der Waals surface area contributed by atoms with Crippen LogP contribution in [0.15, 0.2) is 35.3 Å². The molecule has 2 heterocycles. The summed E-state index contributed by atoms with van der Waals surface area (Å²) in [7, 11) is 1.48. The molecule has 2 aromatic rings. The van der Waals surface area contributed by atoms with Crippen LogP contribution in [0.3, 0.4) is 0 Å². The molecular formula is C17H16FN3O3. The summed E-state index contributed by atoms with van der Waals surface area (Å²) in [5, 5.41) is 0. The van der Waals surface area contributed by atoms with Gasteiger partial charge in [0.05, 0.1) is 13.7 Å². The Kier molecular flexibility index (Phi) is 3.06. The van der Waals surface area contributed by atoms with E-state index in [9.17, 15) is 4.39 Å². The Morgan fingerprint density at radius 1 is 1.21 bits per heavy atom. The third-order valence-corrected chi connectivity index (χ3v) is 4.37. The highest BCUT2D eigenvalue weighted by Crippen LogP contribution is 2.53. The average Bonchev–Trinajstić information content (AvgIpc) is 2.56. The van der Waals surface area contributed by atoms with Gasteiger partial charge >= 0.3 is 0 Å². The molecule has 6 nitrogen and oxygen atoms in total. The Morgan fingerprint density at radius 3 is 2.79 bits per heavy atom. The number of anilines is 1. The van der Waals surface area contributed by atoms with Gasteiger partial charge in [-0.3, -0.25) is 0 Å². The van der Waals surface area contributed by atoms with Gasteiger partial charge in [0.25, 0.3) is 6.02 Å². The van der Waals surface area contributed by atoms with E-state index < -0.39 is 11.4 Å². The number of hydrogen-bond donors (Lipinski definition) is 2. The van der Waals surface area contributed by atoms with E-state index in [0.29, 0.717) is 35.8 Å². The Morgan fingerprint density at radius 2 is 2.04 bits per heavy atom. The molecule has 0 amide bonds.